The maximum atomic E-state index is 4.11. The third kappa shape index (κ3) is 2.97. The van der Waals surface area contributed by atoms with Gasteiger partial charge in [-0.15, -0.1) is 11.8 Å². The van der Waals surface area contributed by atoms with Crippen LogP contribution in [0.15, 0.2) is 47.8 Å². The number of aromatic nitrogens is 2. The van der Waals surface area contributed by atoms with Crippen LogP contribution in [0.2, 0.25) is 0 Å². The molecule has 2 aromatic rings. The van der Waals surface area contributed by atoms with Crippen LogP contribution in [0.3, 0.4) is 0 Å². The minimum absolute atomic E-state index is 0.811. The van der Waals surface area contributed by atoms with E-state index < -0.39 is 0 Å². The average Bonchev–Trinajstić information content (AvgIpc) is 2.33. The molecule has 3 nitrogen and oxygen atoms in total. The lowest BCUT2D eigenvalue weighted by molar-refractivity contribution is 1.17. The van der Waals surface area contributed by atoms with Crippen LogP contribution in [0.4, 0.5) is 11.5 Å². The van der Waals surface area contributed by atoms with Crippen LogP contribution in [0.1, 0.15) is 6.92 Å². The Morgan fingerprint density at radius 1 is 1.19 bits per heavy atom. The van der Waals surface area contributed by atoms with E-state index in [2.05, 4.69) is 46.5 Å². The Bertz CT molecular complexity index is 428. The van der Waals surface area contributed by atoms with E-state index in [-0.39, 0.29) is 0 Å². The molecule has 0 fully saturated rings. The van der Waals surface area contributed by atoms with Gasteiger partial charge in [-0.05, 0) is 36.1 Å². The Hall–Kier alpha value is -1.55. The zero-order valence-corrected chi connectivity index (χ0v) is 9.87. The van der Waals surface area contributed by atoms with Gasteiger partial charge in [0.15, 0.2) is 0 Å². The third-order valence-corrected chi connectivity index (χ3v) is 2.91. The Kier molecular flexibility index (Phi) is 3.77. The van der Waals surface area contributed by atoms with Gasteiger partial charge in [0.1, 0.15) is 12.1 Å². The number of anilines is 2. The number of rotatable bonds is 4. The molecule has 1 aromatic carbocycles. The molecule has 0 aliphatic rings. The van der Waals surface area contributed by atoms with Gasteiger partial charge in [0.05, 0.1) is 0 Å². The number of thioether (sulfide) groups is 1. The molecule has 0 aliphatic carbocycles. The highest BCUT2D eigenvalue weighted by Gasteiger charge is 1.95. The van der Waals surface area contributed by atoms with Gasteiger partial charge < -0.3 is 5.32 Å². The van der Waals surface area contributed by atoms with Gasteiger partial charge >= 0.3 is 0 Å². The van der Waals surface area contributed by atoms with Gasteiger partial charge in [0, 0.05) is 16.8 Å². The first-order chi connectivity index (χ1) is 7.88. The zero-order chi connectivity index (χ0) is 11.2. The Morgan fingerprint density at radius 3 is 2.62 bits per heavy atom. The molecule has 0 amide bonds. The zero-order valence-electron chi connectivity index (χ0n) is 9.05. The van der Waals surface area contributed by atoms with Gasteiger partial charge in [-0.2, -0.15) is 0 Å². The van der Waals surface area contributed by atoms with Gasteiger partial charge in [-0.3, -0.25) is 0 Å². The van der Waals surface area contributed by atoms with Crippen molar-refractivity contribution in [2.24, 2.45) is 0 Å². The minimum atomic E-state index is 0.811. The average molecular weight is 231 g/mol. The Balaban J connectivity index is 2.05. The molecule has 0 bridgehead atoms. The molecular weight excluding hydrogens is 218 g/mol. The van der Waals surface area contributed by atoms with Crippen LogP contribution < -0.4 is 5.32 Å². The lowest BCUT2D eigenvalue weighted by Crippen LogP contribution is -1.92. The van der Waals surface area contributed by atoms with Gasteiger partial charge in [-0.25, -0.2) is 9.97 Å². The van der Waals surface area contributed by atoms with Crippen LogP contribution in [0.5, 0.6) is 0 Å². The smallest absolute Gasteiger partial charge is 0.133 e. The number of nitrogens with one attached hydrogen (secondary N) is 1. The summed E-state index contributed by atoms with van der Waals surface area (Å²) in [5.41, 5.74) is 1.04. The Labute approximate surface area is 99.3 Å². The second-order valence-corrected chi connectivity index (χ2v) is 4.51. The molecule has 0 spiro atoms. The molecule has 1 N–H and O–H groups in total. The van der Waals surface area contributed by atoms with E-state index in [9.17, 15) is 0 Å². The highest BCUT2D eigenvalue weighted by atomic mass is 32.2. The summed E-state index contributed by atoms with van der Waals surface area (Å²) in [5.74, 6) is 1.91. The van der Waals surface area contributed by atoms with Crippen LogP contribution >= 0.6 is 11.8 Å². The maximum absolute atomic E-state index is 4.11. The summed E-state index contributed by atoms with van der Waals surface area (Å²) in [4.78, 5) is 9.26. The summed E-state index contributed by atoms with van der Waals surface area (Å²) in [6.07, 6.45) is 3.25. The fraction of sp³-hybridized carbons (Fsp3) is 0.167. The summed E-state index contributed by atoms with van der Waals surface area (Å²) >= 11 is 1.84. The highest BCUT2D eigenvalue weighted by molar-refractivity contribution is 7.99. The molecular formula is C12H13N3S. The summed E-state index contributed by atoms with van der Waals surface area (Å²) in [5, 5.41) is 3.21. The van der Waals surface area contributed by atoms with Crippen LogP contribution in [0, 0.1) is 0 Å². The molecule has 2 rings (SSSR count). The van der Waals surface area contributed by atoms with E-state index in [0.29, 0.717) is 0 Å². The van der Waals surface area contributed by atoms with E-state index in [0.717, 1.165) is 17.3 Å². The van der Waals surface area contributed by atoms with Crippen molar-refractivity contribution in [1.82, 2.24) is 9.97 Å². The molecule has 16 heavy (non-hydrogen) atoms. The first kappa shape index (κ1) is 11.0. The molecule has 4 heteroatoms. The molecule has 0 saturated carbocycles. The summed E-state index contributed by atoms with van der Waals surface area (Å²) in [6, 6.07) is 10.2. The summed E-state index contributed by atoms with van der Waals surface area (Å²) < 4.78 is 0. The lowest BCUT2D eigenvalue weighted by Gasteiger charge is -2.05. The molecule has 0 radical (unpaired) electrons. The first-order valence-corrected chi connectivity index (χ1v) is 6.13. The SMILES string of the molecule is CCSc1ccc(Nc2ccncn2)cc1. The maximum Gasteiger partial charge on any atom is 0.133 e. The molecule has 0 saturated heterocycles. The van der Waals surface area contributed by atoms with Crippen molar-refractivity contribution >= 4 is 23.3 Å². The molecule has 0 atom stereocenters. The standard InChI is InChI=1S/C12H13N3S/c1-2-16-11-5-3-10(4-6-11)15-12-7-8-13-9-14-12/h3-9H,2H2,1H3,(H,13,14,15). The molecule has 82 valence electrons. The topological polar surface area (TPSA) is 37.8 Å². The van der Waals surface area contributed by atoms with E-state index in [4.69, 9.17) is 0 Å². The number of hydrogen-bond donors (Lipinski definition) is 1. The molecule has 0 unspecified atom stereocenters. The van der Waals surface area contributed by atoms with Crippen molar-refractivity contribution < 1.29 is 0 Å². The Morgan fingerprint density at radius 2 is 2.00 bits per heavy atom. The van der Waals surface area contributed by atoms with Crippen molar-refractivity contribution in [2.75, 3.05) is 11.1 Å². The summed E-state index contributed by atoms with van der Waals surface area (Å²) in [6.45, 7) is 2.15. The van der Waals surface area contributed by atoms with Gasteiger partial charge in [0.2, 0.25) is 0 Å². The second-order valence-electron chi connectivity index (χ2n) is 3.18. The predicted octanol–water partition coefficient (Wildman–Crippen LogP) is 3.33. The number of benzene rings is 1. The van der Waals surface area contributed by atoms with Gasteiger partial charge in [0.25, 0.3) is 0 Å². The van der Waals surface area contributed by atoms with Crippen LogP contribution in [0.25, 0.3) is 0 Å². The monoisotopic (exact) mass is 231 g/mol. The quantitative estimate of drug-likeness (QED) is 0.819. The van der Waals surface area contributed by atoms with Crippen LogP contribution in [-0.4, -0.2) is 15.7 Å². The molecule has 1 heterocycles. The molecule has 0 aliphatic heterocycles. The normalized spacial score (nSPS) is 10.1. The number of nitrogens with zero attached hydrogens (tertiary/aromatic N) is 2. The van der Waals surface area contributed by atoms with E-state index in [1.54, 1.807) is 6.20 Å². The number of hydrogen-bond acceptors (Lipinski definition) is 4. The first-order valence-electron chi connectivity index (χ1n) is 5.14. The van der Waals surface area contributed by atoms with Crippen molar-refractivity contribution in [3.8, 4) is 0 Å². The predicted molar refractivity (Wildman–Crippen MR) is 68.2 cm³/mol. The van der Waals surface area contributed by atoms with Crippen molar-refractivity contribution in [3.63, 3.8) is 0 Å². The fourth-order valence-corrected chi connectivity index (χ4v) is 1.98. The third-order valence-electron chi connectivity index (χ3n) is 2.02. The fourth-order valence-electron chi connectivity index (χ4n) is 1.31. The summed E-state index contributed by atoms with van der Waals surface area (Å²) in [7, 11) is 0. The van der Waals surface area contributed by atoms with Crippen molar-refractivity contribution in [3.05, 3.63) is 42.9 Å². The van der Waals surface area contributed by atoms with E-state index in [1.165, 1.54) is 11.2 Å². The largest absolute Gasteiger partial charge is 0.340 e. The van der Waals surface area contributed by atoms with Crippen molar-refractivity contribution in [2.45, 2.75) is 11.8 Å². The van der Waals surface area contributed by atoms with Gasteiger partial charge in [-0.1, -0.05) is 6.92 Å². The lowest BCUT2D eigenvalue weighted by atomic mass is 10.3. The van der Waals surface area contributed by atoms with E-state index >= 15 is 0 Å². The minimum Gasteiger partial charge on any atom is -0.340 e. The molecule has 1 aromatic heterocycles. The van der Waals surface area contributed by atoms with Crippen LogP contribution in [-0.2, 0) is 0 Å². The highest BCUT2D eigenvalue weighted by Crippen LogP contribution is 2.21. The van der Waals surface area contributed by atoms with E-state index in [1.807, 2.05) is 17.8 Å². The van der Waals surface area contributed by atoms with Crippen molar-refractivity contribution in [1.29, 1.82) is 0 Å². The second kappa shape index (κ2) is 5.51.